The molecule has 0 saturated carbocycles. The minimum Gasteiger partial charge on any atom is -0.502 e. The smallest absolute Gasteiger partial charge is 0.333 e. The first-order valence-electron chi connectivity index (χ1n) is 4.08. The van der Waals surface area contributed by atoms with Crippen molar-refractivity contribution in [2.75, 3.05) is 0 Å². The van der Waals surface area contributed by atoms with E-state index in [1.807, 2.05) is 4.72 Å². The molecule has 0 aliphatic carbocycles. The summed E-state index contributed by atoms with van der Waals surface area (Å²) < 4.78 is 24.2. The van der Waals surface area contributed by atoms with Crippen molar-refractivity contribution in [3.05, 3.63) is 41.7 Å². The second-order valence-electron chi connectivity index (χ2n) is 2.98. The number of sulfonamides is 1. The average molecular weight is 225 g/mol. The number of aliphatic hydroxyl groups excluding tert-OH is 1. The minimum absolute atomic E-state index is 0.0689. The molecule has 1 aromatic rings. The Morgan fingerprint density at radius 1 is 1.13 bits per heavy atom. The molecule has 0 aromatic heterocycles. The lowest BCUT2D eigenvalue weighted by molar-refractivity contribution is -0.110. The maximum atomic E-state index is 11.1. The van der Waals surface area contributed by atoms with Crippen LogP contribution >= 0.6 is 0 Å². The van der Waals surface area contributed by atoms with Gasteiger partial charge in [0.2, 0.25) is 5.76 Å². The van der Waals surface area contributed by atoms with E-state index in [1.165, 1.54) is 0 Å². The minimum atomic E-state index is -4.08. The average Bonchev–Trinajstić information content (AvgIpc) is 2.44. The van der Waals surface area contributed by atoms with Crippen LogP contribution in [0.15, 0.2) is 36.1 Å². The summed E-state index contributed by atoms with van der Waals surface area (Å²) in [5.74, 6) is -0.763. The fourth-order valence-electron chi connectivity index (χ4n) is 1.26. The first kappa shape index (κ1) is 9.72. The van der Waals surface area contributed by atoms with Crippen LogP contribution in [-0.4, -0.2) is 18.6 Å². The van der Waals surface area contributed by atoms with Gasteiger partial charge in [0.15, 0.2) is 0 Å². The number of carbonyl (C=O) groups is 1. The molecule has 1 aromatic carbocycles. The lowest BCUT2D eigenvalue weighted by Gasteiger charge is -2.01. The molecule has 1 aliphatic rings. The van der Waals surface area contributed by atoms with Gasteiger partial charge in [0.05, 0.1) is 0 Å². The van der Waals surface area contributed by atoms with Gasteiger partial charge >= 0.3 is 15.1 Å². The summed E-state index contributed by atoms with van der Waals surface area (Å²) >= 11 is 0. The number of benzene rings is 1. The van der Waals surface area contributed by atoms with Crippen LogP contribution in [0.5, 0.6) is 0 Å². The van der Waals surface area contributed by atoms with E-state index in [0.717, 1.165) is 0 Å². The predicted molar refractivity (Wildman–Crippen MR) is 53.1 cm³/mol. The fraction of sp³-hybridized carbons (Fsp3) is 0. The Hall–Kier alpha value is -1.82. The number of hydrogen-bond acceptors (Lipinski definition) is 4. The molecule has 5 nitrogen and oxygen atoms in total. The van der Waals surface area contributed by atoms with E-state index in [1.54, 1.807) is 30.3 Å². The van der Waals surface area contributed by atoms with E-state index in [2.05, 4.69) is 0 Å². The SMILES string of the molecule is O=C1C(O)=C(c2ccccc2)NS1(=O)=O. The van der Waals surface area contributed by atoms with Gasteiger partial charge in [0.25, 0.3) is 0 Å². The third-order valence-corrected chi connectivity index (χ3v) is 3.13. The van der Waals surface area contributed by atoms with Crippen molar-refractivity contribution in [2.45, 2.75) is 0 Å². The second kappa shape index (κ2) is 3.09. The van der Waals surface area contributed by atoms with E-state index < -0.39 is 20.9 Å². The Morgan fingerprint density at radius 2 is 1.73 bits per heavy atom. The highest BCUT2D eigenvalue weighted by molar-refractivity contribution is 8.05. The van der Waals surface area contributed by atoms with Crippen LogP contribution in [0.1, 0.15) is 5.56 Å². The lowest BCUT2D eigenvalue weighted by Crippen LogP contribution is -2.21. The largest absolute Gasteiger partial charge is 0.502 e. The zero-order valence-electron chi connectivity index (χ0n) is 7.47. The standard InChI is InChI=1S/C9H7NO4S/c11-8-7(6-4-2-1-3-5-6)10-15(13,14)9(8)12/h1-5,10-11H. The molecular formula is C9H7NO4S. The Morgan fingerprint density at radius 3 is 2.20 bits per heavy atom. The third-order valence-electron chi connectivity index (χ3n) is 1.97. The van der Waals surface area contributed by atoms with E-state index in [9.17, 15) is 18.3 Å². The normalized spacial score (nSPS) is 19.1. The molecule has 1 heterocycles. The molecule has 15 heavy (non-hydrogen) atoms. The molecule has 0 radical (unpaired) electrons. The molecule has 0 spiro atoms. The molecule has 0 saturated heterocycles. The molecule has 2 rings (SSSR count). The quantitative estimate of drug-likeness (QED) is 0.723. The molecule has 0 fully saturated rings. The van der Waals surface area contributed by atoms with Gasteiger partial charge < -0.3 is 5.11 Å². The predicted octanol–water partition coefficient (Wildman–Crippen LogP) is 0.373. The van der Waals surface area contributed by atoms with Crippen LogP contribution in [-0.2, 0) is 14.8 Å². The number of rotatable bonds is 1. The summed E-state index contributed by atoms with van der Waals surface area (Å²) in [7, 11) is -4.08. The van der Waals surface area contributed by atoms with Crippen molar-refractivity contribution in [3.8, 4) is 0 Å². The summed E-state index contributed by atoms with van der Waals surface area (Å²) in [6.45, 7) is 0. The topological polar surface area (TPSA) is 83.5 Å². The van der Waals surface area contributed by atoms with Gasteiger partial charge in [-0.05, 0) is 0 Å². The van der Waals surface area contributed by atoms with Gasteiger partial charge in [-0.2, -0.15) is 8.42 Å². The summed E-state index contributed by atoms with van der Waals surface area (Å²) in [6.07, 6.45) is 0. The van der Waals surface area contributed by atoms with Crippen LogP contribution in [0.3, 0.4) is 0 Å². The van der Waals surface area contributed by atoms with Gasteiger partial charge in [-0.3, -0.25) is 9.52 Å². The molecule has 0 amide bonds. The van der Waals surface area contributed by atoms with Crippen LogP contribution in [0.4, 0.5) is 0 Å². The highest BCUT2D eigenvalue weighted by Gasteiger charge is 2.37. The molecule has 78 valence electrons. The molecular weight excluding hydrogens is 218 g/mol. The fourth-order valence-corrected chi connectivity index (χ4v) is 2.19. The lowest BCUT2D eigenvalue weighted by atomic mass is 10.1. The van der Waals surface area contributed by atoms with Gasteiger partial charge in [0.1, 0.15) is 5.70 Å². The molecule has 0 bridgehead atoms. The van der Waals surface area contributed by atoms with Crippen molar-refractivity contribution in [3.63, 3.8) is 0 Å². The number of carbonyl (C=O) groups excluding carboxylic acids is 1. The summed E-state index contributed by atoms with van der Waals surface area (Å²) in [4.78, 5) is 11.1. The van der Waals surface area contributed by atoms with Crippen molar-refractivity contribution < 1.29 is 18.3 Å². The van der Waals surface area contributed by atoms with Gasteiger partial charge in [-0.25, -0.2) is 0 Å². The second-order valence-corrected chi connectivity index (χ2v) is 4.56. The Bertz CT molecular complexity index is 545. The summed E-state index contributed by atoms with van der Waals surface area (Å²) in [6, 6.07) is 8.27. The summed E-state index contributed by atoms with van der Waals surface area (Å²) in [5.41, 5.74) is 0.380. The zero-order chi connectivity index (χ0) is 11.1. The number of nitrogens with one attached hydrogen (secondary N) is 1. The van der Waals surface area contributed by atoms with E-state index in [-0.39, 0.29) is 5.70 Å². The molecule has 6 heteroatoms. The van der Waals surface area contributed by atoms with Gasteiger partial charge in [-0.1, -0.05) is 30.3 Å². The van der Waals surface area contributed by atoms with Crippen molar-refractivity contribution in [1.82, 2.24) is 4.72 Å². The van der Waals surface area contributed by atoms with Gasteiger partial charge in [-0.15, -0.1) is 0 Å². The van der Waals surface area contributed by atoms with Crippen LogP contribution in [0.2, 0.25) is 0 Å². The highest BCUT2D eigenvalue weighted by Crippen LogP contribution is 2.22. The molecule has 0 atom stereocenters. The number of aliphatic hydroxyl groups is 1. The third kappa shape index (κ3) is 1.48. The monoisotopic (exact) mass is 225 g/mol. The Balaban J connectivity index is 2.54. The zero-order valence-corrected chi connectivity index (χ0v) is 8.28. The maximum Gasteiger partial charge on any atom is 0.333 e. The van der Waals surface area contributed by atoms with Crippen LogP contribution in [0, 0.1) is 0 Å². The molecule has 0 unspecified atom stereocenters. The van der Waals surface area contributed by atoms with Crippen LogP contribution in [0.25, 0.3) is 5.70 Å². The van der Waals surface area contributed by atoms with Crippen LogP contribution < -0.4 is 4.72 Å². The molecule has 2 N–H and O–H groups in total. The van der Waals surface area contributed by atoms with E-state index in [4.69, 9.17) is 0 Å². The number of hydrogen-bond donors (Lipinski definition) is 2. The van der Waals surface area contributed by atoms with Crippen molar-refractivity contribution in [1.29, 1.82) is 0 Å². The van der Waals surface area contributed by atoms with Crippen molar-refractivity contribution in [2.24, 2.45) is 0 Å². The van der Waals surface area contributed by atoms with Crippen molar-refractivity contribution >= 4 is 20.8 Å². The van der Waals surface area contributed by atoms with E-state index in [0.29, 0.717) is 5.56 Å². The van der Waals surface area contributed by atoms with Gasteiger partial charge in [0, 0.05) is 5.56 Å². The summed E-state index contributed by atoms with van der Waals surface area (Å²) in [5, 5.41) is 8.04. The van der Waals surface area contributed by atoms with E-state index >= 15 is 0 Å². The Kier molecular flexibility index (Phi) is 2.01. The highest BCUT2D eigenvalue weighted by atomic mass is 32.2. The first-order valence-corrected chi connectivity index (χ1v) is 5.56. The molecule has 1 aliphatic heterocycles. The Labute approximate surface area is 86.1 Å². The first-order chi connectivity index (χ1) is 7.02. The maximum absolute atomic E-state index is 11.1.